The predicted molar refractivity (Wildman–Crippen MR) is 114 cm³/mol. The fraction of sp³-hybridized carbons (Fsp3) is 0.565. The van der Waals surface area contributed by atoms with Crippen LogP contribution in [0, 0.1) is 20.8 Å². The maximum Gasteiger partial charge on any atom is 0.342 e. The Hall–Kier alpha value is -2.34. The van der Waals surface area contributed by atoms with Crippen LogP contribution < -0.4 is 4.90 Å². The third-order valence-corrected chi connectivity index (χ3v) is 5.65. The zero-order chi connectivity index (χ0) is 21.1. The zero-order valence-electron chi connectivity index (χ0n) is 18.5. The van der Waals surface area contributed by atoms with E-state index in [1.54, 1.807) is 6.20 Å². The van der Waals surface area contributed by atoms with Crippen molar-refractivity contribution in [2.45, 2.75) is 66.7 Å². The molecule has 29 heavy (non-hydrogen) atoms. The molecule has 1 aliphatic rings. The van der Waals surface area contributed by atoms with Gasteiger partial charge in [0.25, 0.3) is 0 Å². The average molecular weight is 400 g/mol. The molecule has 0 saturated carbocycles. The lowest BCUT2D eigenvalue weighted by atomic mass is 10.1. The maximum atomic E-state index is 12.7. The normalized spacial score (nSPS) is 16.8. The molecule has 158 valence electrons. The summed E-state index contributed by atoms with van der Waals surface area (Å²) in [6, 6.07) is 4.39. The van der Waals surface area contributed by atoms with Gasteiger partial charge in [-0.2, -0.15) is 0 Å². The van der Waals surface area contributed by atoms with Gasteiger partial charge in [0, 0.05) is 25.3 Å². The van der Waals surface area contributed by atoms with Crippen molar-refractivity contribution in [3.8, 4) is 0 Å². The highest BCUT2D eigenvalue weighted by atomic mass is 16.5. The van der Waals surface area contributed by atoms with Crippen molar-refractivity contribution >= 4 is 11.8 Å². The number of hydrogen-bond acceptors (Lipinski definition) is 6. The van der Waals surface area contributed by atoms with Gasteiger partial charge in [-0.05, 0) is 70.8 Å². The molecule has 3 heterocycles. The van der Waals surface area contributed by atoms with Crippen molar-refractivity contribution < 1.29 is 13.9 Å². The summed E-state index contributed by atoms with van der Waals surface area (Å²) in [6.07, 6.45) is 2.65. The highest BCUT2D eigenvalue weighted by Gasteiger charge is 2.31. The van der Waals surface area contributed by atoms with E-state index in [2.05, 4.69) is 34.7 Å². The Morgan fingerprint density at radius 2 is 2.10 bits per heavy atom. The first kappa shape index (κ1) is 21.4. The molecule has 6 nitrogen and oxygen atoms in total. The molecule has 1 saturated heterocycles. The van der Waals surface area contributed by atoms with E-state index in [0.29, 0.717) is 11.6 Å². The highest BCUT2D eigenvalue weighted by Crippen LogP contribution is 2.28. The Labute approximate surface area is 173 Å². The Balaban J connectivity index is 1.76. The number of carbonyl (C=O) groups is 1. The van der Waals surface area contributed by atoms with Crippen LogP contribution in [-0.2, 0) is 11.3 Å². The van der Waals surface area contributed by atoms with E-state index in [9.17, 15) is 4.79 Å². The van der Waals surface area contributed by atoms with Crippen LogP contribution in [0.3, 0.4) is 0 Å². The monoisotopic (exact) mass is 399 g/mol. The smallest absolute Gasteiger partial charge is 0.342 e. The molecule has 1 atom stereocenters. The number of hydrogen-bond donors (Lipinski definition) is 0. The minimum absolute atomic E-state index is 0.155. The Kier molecular flexibility index (Phi) is 6.63. The number of esters is 1. The minimum Gasteiger partial charge on any atom is -0.465 e. The number of furan rings is 1. The summed E-state index contributed by atoms with van der Waals surface area (Å²) in [4.78, 5) is 21.9. The first-order valence-corrected chi connectivity index (χ1v) is 10.5. The fourth-order valence-electron chi connectivity index (χ4n) is 3.97. The SMILES string of the molecule is CCN(Cc1cc(C)c(C)o1)[C@@H]1CCN(c2nccc(C)c2C(=O)OC(C)C)C1. The maximum absolute atomic E-state index is 12.7. The Morgan fingerprint density at radius 1 is 1.34 bits per heavy atom. The van der Waals surface area contributed by atoms with Gasteiger partial charge in [0.1, 0.15) is 22.9 Å². The summed E-state index contributed by atoms with van der Waals surface area (Å²) >= 11 is 0. The van der Waals surface area contributed by atoms with Gasteiger partial charge in [-0.1, -0.05) is 6.92 Å². The molecular weight excluding hydrogens is 366 g/mol. The van der Waals surface area contributed by atoms with Gasteiger partial charge in [-0.15, -0.1) is 0 Å². The molecule has 0 amide bonds. The van der Waals surface area contributed by atoms with Crippen LogP contribution in [0.1, 0.15) is 60.2 Å². The second-order valence-electron chi connectivity index (χ2n) is 8.18. The van der Waals surface area contributed by atoms with E-state index in [1.807, 2.05) is 33.8 Å². The second kappa shape index (κ2) is 8.99. The first-order valence-electron chi connectivity index (χ1n) is 10.5. The van der Waals surface area contributed by atoms with E-state index in [-0.39, 0.29) is 12.1 Å². The fourth-order valence-corrected chi connectivity index (χ4v) is 3.97. The number of aryl methyl sites for hydroxylation is 3. The lowest BCUT2D eigenvalue weighted by Crippen LogP contribution is -2.37. The summed E-state index contributed by atoms with van der Waals surface area (Å²) in [7, 11) is 0. The van der Waals surface area contributed by atoms with Gasteiger partial charge in [-0.25, -0.2) is 9.78 Å². The predicted octanol–water partition coefficient (Wildman–Crippen LogP) is 4.27. The molecule has 0 N–H and O–H groups in total. The average Bonchev–Trinajstić information content (AvgIpc) is 3.25. The molecule has 2 aromatic heterocycles. The van der Waals surface area contributed by atoms with Crippen LogP contribution in [-0.4, -0.2) is 47.6 Å². The molecule has 0 spiro atoms. The molecule has 1 fully saturated rings. The Morgan fingerprint density at radius 3 is 2.72 bits per heavy atom. The largest absolute Gasteiger partial charge is 0.465 e. The molecule has 2 aromatic rings. The molecular formula is C23H33N3O3. The van der Waals surface area contributed by atoms with E-state index >= 15 is 0 Å². The lowest BCUT2D eigenvalue weighted by molar-refractivity contribution is 0.0377. The molecule has 0 aromatic carbocycles. The molecule has 0 aliphatic carbocycles. The first-order chi connectivity index (χ1) is 13.8. The third kappa shape index (κ3) is 4.81. The number of pyridine rings is 1. The summed E-state index contributed by atoms with van der Waals surface area (Å²) in [5.41, 5.74) is 2.68. The number of anilines is 1. The molecule has 3 rings (SSSR count). The summed E-state index contributed by atoms with van der Waals surface area (Å²) < 4.78 is 11.4. The van der Waals surface area contributed by atoms with Gasteiger partial charge < -0.3 is 14.1 Å². The highest BCUT2D eigenvalue weighted by molar-refractivity contribution is 5.96. The van der Waals surface area contributed by atoms with Gasteiger partial charge >= 0.3 is 5.97 Å². The number of rotatable bonds is 7. The quantitative estimate of drug-likeness (QED) is 0.648. The van der Waals surface area contributed by atoms with E-state index in [1.165, 1.54) is 5.56 Å². The van der Waals surface area contributed by atoms with Crippen molar-refractivity contribution in [1.29, 1.82) is 0 Å². The second-order valence-corrected chi connectivity index (χ2v) is 8.18. The van der Waals surface area contributed by atoms with Gasteiger partial charge in [0.05, 0.1) is 12.6 Å². The van der Waals surface area contributed by atoms with Crippen LogP contribution >= 0.6 is 0 Å². The van der Waals surface area contributed by atoms with Crippen LogP contribution in [0.4, 0.5) is 5.82 Å². The van der Waals surface area contributed by atoms with Crippen molar-refractivity contribution in [3.05, 3.63) is 46.5 Å². The van der Waals surface area contributed by atoms with Crippen LogP contribution in [0.25, 0.3) is 0 Å². The summed E-state index contributed by atoms with van der Waals surface area (Å²) in [6.45, 7) is 15.4. The van der Waals surface area contributed by atoms with Crippen molar-refractivity contribution in [1.82, 2.24) is 9.88 Å². The standard InChI is InChI=1S/C23H33N3O3/c1-7-25(14-20-12-17(5)18(6)29-20)19-9-11-26(13-19)22-21(16(4)8-10-24-22)23(27)28-15(2)3/h8,10,12,15,19H,7,9,11,13-14H2,1-6H3/t19-/m1/s1. The number of ether oxygens (including phenoxy) is 1. The van der Waals surface area contributed by atoms with Crippen LogP contribution in [0.15, 0.2) is 22.7 Å². The summed E-state index contributed by atoms with van der Waals surface area (Å²) in [5.74, 6) is 2.44. The Bertz CT molecular complexity index is 840. The van der Waals surface area contributed by atoms with Crippen molar-refractivity contribution in [2.75, 3.05) is 24.5 Å². The van der Waals surface area contributed by atoms with E-state index in [4.69, 9.17) is 9.15 Å². The van der Waals surface area contributed by atoms with E-state index < -0.39 is 0 Å². The zero-order valence-corrected chi connectivity index (χ0v) is 18.5. The molecule has 0 bridgehead atoms. The number of likely N-dealkylation sites (N-methyl/N-ethyl adjacent to an activating group) is 1. The number of aromatic nitrogens is 1. The molecule has 6 heteroatoms. The molecule has 0 radical (unpaired) electrons. The van der Waals surface area contributed by atoms with Crippen LogP contribution in [0.2, 0.25) is 0 Å². The van der Waals surface area contributed by atoms with Crippen molar-refractivity contribution in [3.63, 3.8) is 0 Å². The molecule has 1 aliphatic heterocycles. The topological polar surface area (TPSA) is 58.8 Å². The van der Waals surface area contributed by atoms with Gasteiger partial charge in [-0.3, -0.25) is 4.90 Å². The van der Waals surface area contributed by atoms with Gasteiger partial charge in [0.15, 0.2) is 0 Å². The number of nitrogens with zero attached hydrogens (tertiary/aromatic N) is 3. The van der Waals surface area contributed by atoms with Gasteiger partial charge in [0.2, 0.25) is 0 Å². The lowest BCUT2D eigenvalue weighted by Gasteiger charge is -2.27. The molecule has 0 unspecified atom stereocenters. The summed E-state index contributed by atoms with van der Waals surface area (Å²) in [5, 5.41) is 0. The minimum atomic E-state index is -0.294. The number of carbonyl (C=O) groups excluding carboxylic acids is 1. The van der Waals surface area contributed by atoms with Crippen LogP contribution in [0.5, 0.6) is 0 Å². The van der Waals surface area contributed by atoms with E-state index in [0.717, 1.165) is 55.5 Å². The van der Waals surface area contributed by atoms with Crippen molar-refractivity contribution in [2.24, 2.45) is 0 Å². The third-order valence-electron chi connectivity index (χ3n) is 5.65.